The fourth-order valence-electron chi connectivity index (χ4n) is 5.07. The number of nitrogens with one attached hydrogen (secondary N) is 2. The van der Waals surface area contributed by atoms with E-state index in [-0.39, 0.29) is 23.8 Å². The molecule has 2 aliphatic rings. The molecular weight excluding hydrogens is 392 g/mol. The number of amides is 4. The van der Waals surface area contributed by atoms with Crippen molar-refractivity contribution < 1.29 is 14.4 Å². The van der Waals surface area contributed by atoms with Crippen molar-refractivity contribution in [2.24, 2.45) is 5.92 Å². The van der Waals surface area contributed by atoms with Crippen LogP contribution in [0.4, 0.5) is 4.79 Å². The third-order valence-corrected chi connectivity index (χ3v) is 6.76. The summed E-state index contributed by atoms with van der Waals surface area (Å²) in [6.45, 7) is 8.68. The minimum Gasteiger partial charge on any atom is -0.356 e. The molecule has 0 spiro atoms. The highest BCUT2D eigenvalue weighted by Crippen LogP contribution is 2.45. The average molecular weight is 425 g/mol. The highest BCUT2D eigenvalue weighted by Gasteiger charge is 2.61. The largest absolute Gasteiger partial charge is 0.356 e. The molecule has 4 amide bonds. The SMILES string of the molecule is CCCCCNC(=O)[C@H](C(C)C)N1C(=O)N2CCc3c([nH]c4ccccc34)[C@]2(C)C1=O. The van der Waals surface area contributed by atoms with Gasteiger partial charge in [0.2, 0.25) is 5.91 Å². The molecule has 1 fully saturated rings. The molecule has 3 heterocycles. The Labute approximate surface area is 183 Å². The number of hydrogen-bond donors (Lipinski definition) is 2. The van der Waals surface area contributed by atoms with Gasteiger partial charge in [-0.05, 0) is 37.3 Å². The predicted molar refractivity (Wildman–Crippen MR) is 119 cm³/mol. The van der Waals surface area contributed by atoms with Crippen LogP contribution in [0.25, 0.3) is 10.9 Å². The van der Waals surface area contributed by atoms with Crippen molar-refractivity contribution in [2.75, 3.05) is 13.1 Å². The number of aromatic amines is 1. The van der Waals surface area contributed by atoms with Crippen LogP contribution in [0.2, 0.25) is 0 Å². The number of para-hydroxylation sites is 1. The van der Waals surface area contributed by atoms with Crippen molar-refractivity contribution in [3.05, 3.63) is 35.5 Å². The topological polar surface area (TPSA) is 85.5 Å². The standard InChI is InChI=1S/C24H32N4O3/c1-5-6-9-13-25-21(29)19(15(2)3)28-22(30)24(4)20-17(12-14-27(24)23(28)31)16-10-7-8-11-18(16)26-20/h7-8,10-11,15,19,26H,5-6,9,12-14H2,1-4H3,(H,25,29)/t19-,24+/m0/s1. The smallest absolute Gasteiger partial charge is 0.328 e. The summed E-state index contributed by atoms with van der Waals surface area (Å²) < 4.78 is 0. The lowest BCUT2D eigenvalue weighted by atomic mass is 9.86. The lowest BCUT2D eigenvalue weighted by Crippen LogP contribution is -2.53. The number of imide groups is 1. The zero-order valence-corrected chi connectivity index (χ0v) is 18.8. The predicted octanol–water partition coefficient (Wildman–Crippen LogP) is 3.53. The third kappa shape index (κ3) is 3.22. The number of fused-ring (bicyclic) bond motifs is 5. The van der Waals surface area contributed by atoms with Gasteiger partial charge < -0.3 is 15.2 Å². The van der Waals surface area contributed by atoms with E-state index in [1.165, 1.54) is 4.90 Å². The van der Waals surface area contributed by atoms with Gasteiger partial charge in [0.15, 0.2) is 5.54 Å². The lowest BCUT2D eigenvalue weighted by Gasteiger charge is -2.36. The summed E-state index contributed by atoms with van der Waals surface area (Å²) in [5.41, 5.74) is 1.69. The van der Waals surface area contributed by atoms with Gasteiger partial charge in [-0.3, -0.25) is 9.59 Å². The second kappa shape index (κ2) is 8.02. The third-order valence-electron chi connectivity index (χ3n) is 6.76. The van der Waals surface area contributed by atoms with Crippen LogP contribution in [0, 0.1) is 5.92 Å². The van der Waals surface area contributed by atoms with Gasteiger partial charge in [0.25, 0.3) is 5.91 Å². The molecule has 4 rings (SSSR count). The van der Waals surface area contributed by atoms with E-state index in [0.29, 0.717) is 19.5 Å². The Balaban J connectivity index is 1.69. The van der Waals surface area contributed by atoms with E-state index in [4.69, 9.17) is 0 Å². The Morgan fingerprint density at radius 3 is 2.68 bits per heavy atom. The summed E-state index contributed by atoms with van der Waals surface area (Å²) in [4.78, 5) is 46.5. The van der Waals surface area contributed by atoms with E-state index in [2.05, 4.69) is 17.2 Å². The normalized spacial score (nSPS) is 21.6. The highest BCUT2D eigenvalue weighted by atomic mass is 16.2. The van der Waals surface area contributed by atoms with Gasteiger partial charge in [-0.1, -0.05) is 51.8 Å². The van der Waals surface area contributed by atoms with Crippen molar-refractivity contribution >= 4 is 28.7 Å². The maximum absolute atomic E-state index is 13.8. The van der Waals surface area contributed by atoms with Crippen LogP contribution < -0.4 is 5.32 Å². The van der Waals surface area contributed by atoms with Gasteiger partial charge >= 0.3 is 6.03 Å². The van der Waals surface area contributed by atoms with Crippen LogP contribution in [-0.4, -0.2) is 51.8 Å². The van der Waals surface area contributed by atoms with Gasteiger partial charge in [0.1, 0.15) is 6.04 Å². The van der Waals surface area contributed by atoms with Gasteiger partial charge in [-0.2, -0.15) is 0 Å². The molecule has 31 heavy (non-hydrogen) atoms. The molecule has 1 aromatic carbocycles. The molecule has 7 heteroatoms. The molecule has 1 aromatic heterocycles. The second-order valence-corrected chi connectivity index (χ2v) is 9.14. The quantitative estimate of drug-likeness (QED) is 0.527. The van der Waals surface area contributed by atoms with E-state index in [9.17, 15) is 14.4 Å². The molecule has 0 radical (unpaired) electrons. The van der Waals surface area contributed by atoms with E-state index in [1.807, 2.05) is 38.1 Å². The Kier molecular flexibility index (Phi) is 5.54. The number of urea groups is 1. The Bertz CT molecular complexity index is 1030. The molecule has 2 aliphatic heterocycles. The Morgan fingerprint density at radius 2 is 1.97 bits per heavy atom. The number of benzene rings is 1. The number of unbranched alkanes of at least 4 members (excludes halogenated alkanes) is 2. The minimum atomic E-state index is -1.13. The molecule has 2 N–H and O–H groups in total. The van der Waals surface area contributed by atoms with Gasteiger partial charge in [0, 0.05) is 24.0 Å². The Hall–Kier alpha value is -2.83. The molecule has 0 bridgehead atoms. The maximum Gasteiger partial charge on any atom is 0.328 e. The number of carbonyl (C=O) groups is 3. The summed E-state index contributed by atoms with van der Waals surface area (Å²) in [6.07, 6.45) is 3.66. The van der Waals surface area contributed by atoms with Crippen molar-refractivity contribution in [1.82, 2.24) is 20.1 Å². The molecule has 2 atom stereocenters. The number of hydrogen-bond acceptors (Lipinski definition) is 3. The number of H-pyrrole nitrogens is 1. The maximum atomic E-state index is 13.8. The molecule has 2 aromatic rings. The van der Waals surface area contributed by atoms with Crippen LogP contribution in [0.1, 0.15) is 58.2 Å². The van der Waals surface area contributed by atoms with E-state index in [0.717, 1.165) is 41.4 Å². The second-order valence-electron chi connectivity index (χ2n) is 9.14. The Morgan fingerprint density at radius 1 is 1.23 bits per heavy atom. The summed E-state index contributed by atoms with van der Waals surface area (Å²) in [6, 6.07) is 6.77. The molecule has 166 valence electrons. The first-order valence-corrected chi connectivity index (χ1v) is 11.3. The molecule has 7 nitrogen and oxygen atoms in total. The van der Waals surface area contributed by atoms with Gasteiger partial charge in [-0.25, -0.2) is 9.69 Å². The number of carbonyl (C=O) groups excluding carboxylic acids is 3. The first kappa shape index (κ1) is 21.4. The van der Waals surface area contributed by atoms with E-state index >= 15 is 0 Å². The van der Waals surface area contributed by atoms with Crippen LogP contribution >= 0.6 is 0 Å². The first-order valence-electron chi connectivity index (χ1n) is 11.3. The van der Waals surface area contributed by atoms with Crippen molar-refractivity contribution in [2.45, 2.75) is 65.0 Å². The zero-order chi connectivity index (χ0) is 22.3. The van der Waals surface area contributed by atoms with E-state index < -0.39 is 11.6 Å². The van der Waals surface area contributed by atoms with Crippen LogP contribution in [0.15, 0.2) is 24.3 Å². The molecule has 0 aliphatic carbocycles. The first-order chi connectivity index (χ1) is 14.8. The fraction of sp³-hybridized carbons (Fsp3) is 0.542. The fourth-order valence-corrected chi connectivity index (χ4v) is 5.07. The lowest BCUT2D eigenvalue weighted by molar-refractivity contribution is -0.140. The number of aromatic nitrogens is 1. The molecule has 1 saturated heterocycles. The molecular formula is C24H32N4O3. The van der Waals surface area contributed by atoms with Crippen LogP contribution in [0.3, 0.4) is 0 Å². The van der Waals surface area contributed by atoms with Crippen molar-refractivity contribution in [1.29, 1.82) is 0 Å². The van der Waals surface area contributed by atoms with Crippen molar-refractivity contribution in [3.8, 4) is 0 Å². The van der Waals surface area contributed by atoms with Gasteiger partial charge in [-0.15, -0.1) is 0 Å². The number of rotatable bonds is 7. The van der Waals surface area contributed by atoms with Gasteiger partial charge in [0.05, 0.1) is 5.69 Å². The van der Waals surface area contributed by atoms with Crippen LogP contribution in [0.5, 0.6) is 0 Å². The minimum absolute atomic E-state index is 0.189. The summed E-state index contributed by atoms with van der Waals surface area (Å²) in [7, 11) is 0. The zero-order valence-electron chi connectivity index (χ0n) is 18.8. The van der Waals surface area contributed by atoms with Crippen LogP contribution in [-0.2, 0) is 21.5 Å². The summed E-state index contributed by atoms with van der Waals surface area (Å²) in [5.74, 6) is -0.772. The summed E-state index contributed by atoms with van der Waals surface area (Å²) >= 11 is 0. The van der Waals surface area contributed by atoms with Crippen molar-refractivity contribution in [3.63, 3.8) is 0 Å². The monoisotopic (exact) mass is 424 g/mol. The average Bonchev–Trinajstić information content (AvgIpc) is 3.21. The number of nitrogens with zero attached hydrogens (tertiary/aromatic N) is 2. The van der Waals surface area contributed by atoms with E-state index in [1.54, 1.807) is 11.8 Å². The summed E-state index contributed by atoms with van der Waals surface area (Å²) in [5, 5.41) is 4.03. The highest BCUT2D eigenvalue weighted by molar-refractivity contribution is 6.11. The molecule has 0 unspecified atom stereocenters. The molecule has 0 saturated carbocycles.